The fourth-order valence-corrected chi connectivity index (χ4v) is 2.99. The van der Waals surface area contributed by atoms with Gasteiger partial charge in [0.1, 0.15) is 6.54 Å². The maximum atomic E-state index is 12.1. The van der Waals surface area contributed by atoms with Crippen molar-refractivity contribution in [2.24, 2.45) is 0 Å². The van der Waals surface area contributed by atoms with Crippen LogP contribution in [0.1, 0.15) is 18.0 Å². The van der Waals surface area contributed by atoms with Crippen molar-refractivity contribution in [2.45, 2.75) is 12.5 Å². The first kappa shape index (κ1) is 16.4. The van der Waals surface area contributed by atoms with Crippen LogP contribution in [0.25, 0.3) is 0 Å². The number of nitrogens with one attached hydrogen (secondary N) is 1. The molecule has 1 aromatic rings. The van der Waals surface area contributed by atoms with Gasteiger partial charge in [-0.1, -0.05) is 42.1 Å². The van der Waals surface area contributed by atoms with Gasteiger partial charge in [-0.25, -0.2) is 0 Å². The third-order valence-electron chi connectivity index (χ3n) is 3.32. The van der Waals surface area contributed by atoms with Crippen molar-refractivity contribution in [1.82, 2.24) is 10.2 Å². The molecule has 2 rings (SSSR count). The third kappa shape index (κ3) is 4.49. The van der Waals surface area contributed by atoms with E-state index in [2.05, 4.69) is 10.1 Å². The Labute approximate surface area is 133 Å². The van der Waals surface area contributed by atoms with E-state index in [1.807, 2.05) is 30.3 Å². The molecule has 6 nitrogen and oxygen atoms in total. The predicted octanol–water partition coefficient (Wildman–Crippen LogP) is 1.58. The van der Waals surface area contributed by atoms with Crippen LogP contribution in [0.2, 0.25) is 0 Å². The Bertz CT molecular complexity index is 550. The second kappa shape index (κ2) is 7.84. The molecule has 0 spiro atoms. The number of rotatable bonds is 6. The molecule has 1 N–H and O–H groups in total. The number of benzene rings is 1. The molecule has 0 saturated carbocycles. The number of amides is 2. The Balaban J connectivity index is 2.00. The lowest BCUT2D eigenvalue weighted by atomic mass is 10.0. The summed E-state index contributed by atoms with van der Waals surface area (Å²) in [7, 11) is 1.31. The Morgan fingerprint density at radius 1 is 1.36 bits per heavy atom. The highest BCUT2D eigenvalue weighted by Gasteiger charge is 2.25. The van der Waals surface area contributed by atoms with E-state index >= 15 is 0 Å². The quantitative estimate of drug-likeness (QED) is 0.805. The monoisotopic (exact) mass is 322 g/mol. The smallest absolute Gasteiger partial charge is 0.307 e. The minimum atomic E-state index is -0.466. The van der Waals surface area contributed by atoms with Crippen LogP contribution >= 0.6 is 11.8 Å². The molecule has 118 valence electrons. The summed E-state index contributed by atoms with van der Waals surface area (Å²) in [6.45, 7) is 0.584. The van der Waals surface area contributed by atoms with E-state index in [1.54, 1.807) is 0 Å². The molecule has 0 radical (unpaired) electrons. The van der Waals surface area contributed by atoms with E-state index in [-0.39, 0.29) is 24.1 Å². The lowest BCUT2D eigenvalue weighted by Crippen LogP contribution is -2.39. The Hall–Kier alpha value is -2.02. The molecular formula is C15H18N2O4S. The van der Waals surface area contributed by atoms with Crippen LogP contribution in [0.3, 0.4) is 0 Å². The molecule has 1 heterocycles. The van der Waals surface area contributed by atoms with E-state index < -0.39 is 12.0 Å². The van der Waals surface area contributed by atoms with E-state index in [0.717, 1.165) is 5.56 Å². The highest BCUT2D eigenvalue weighted by Crippen LogP contribution is 2.19. The summed E-state index contributed by atoms with van der Waals surface area (Å²) in [4.78, 5) is 36.7. The van der Waals surface area contributed by atoms with Crippen LogP contribution in [0.5, 0.6) is 0 Å². The molecule has 2 amide bonds. The van der Waals surface area contributed by atoms with Crippen molar-refractivity contribution in [3.63, 3.8) is 0 Å². The number of thioether (sulfide) groups is 1. The standard InChI is InChI=1S/C15H18N2O4S/c1-21-14(19)9-12(11-5-3-2-4-6-11)16-13(18)10-17-7-8-22-15(17)20/h2-6,12H,7-10H2,1H3,(H,16,18). The van der Waals surface area contributed by atoms with E-state index in [4.69, 9.17) is 0 Å². The van der Waals surface area contributed by atoms with Crippen LogP contribution in [-0.2, 0) is 14.3 Å². The summed E-state index contributed by atoms with van der Waals surface area (Å²) < 4.78 is 4.68. The number of hydrogen-bond acceptors (Lipinski definition) is 5. The number of nitrogens with zero attached hydrogens (tertiary/aromatic N) is 1. The molecule has 1 aliphatic rings. The first-order chi connectivity index (χ1) is 10.6. The molecule has 1 aliphatic heterocycles. The van der Waals surface area contributed by atoms with E-state index in [0.29, 0.717) is 12.3 Å². The van der Waals surface area contributed by atoms with Crippen LogP contribution in [0.15, 0.2) is 30.3 Å². The summed E-state index contributed by atoms with van der Waals surface area (Å²) in [5.74, 6) is 0.0201. The second-order valence-electron chi connectivity index (χ2n) is 4.85. The molecule has 0 aromatic heterocycles. The molecule has 1 aromatic carbocycles. The van der Waals surface area contributed by atoms with Gasteiger partial charge < -0.3 is 15.0 Å². The Morgan fingerprint density at radius 3 is 2.68 bits per heavy atom. The van der Waals surface area contributed by atoms with Gasteiger partial charge in [0.05, 0.1) is 19.6 Å². The maximum absolute atomic E-state index is 12.1. The van der Waals surface area contributed by atoms with Gasteiger partial charge in [-0.15, -0.1) is 0 Å². The van der Waals surface area contributed by atoms with Gasteiger partial charge >= 0.3 is 5.97 Å². The van der Waals surface area contributed by atoms with Gasteiger partial charge in [-0.2, -0.15) is 0 Å². The van der Waals surface area contributed by atoms with Crippen molar-refractivity contribution in [2.75, 3.05) is 26.0 Å². The third-order valence-corrected chi connectivity index (χ3v) is 4.21. The average molecular weight is 322 g/mol. The van der Waals surface area contributed by atoms with E-state index in [1.165, 1.54) is 23.8 Å². The van der Waals surface area contributed by atoms with Gasteiger partial charge in [0.2, 0.25) is 5.91 Å². The van der Waals surface area contributed by atoms with Crippen molar-refractivity contribution < 1.29 is 19.1 Å². The normalized spacial score (nSPS) is 15.5. The fourth-order valence-electron chi connectivity index (χ4n) is 2.17. The molecule has 0 bridgehead atoms. The Morgan fingerprint density at radius 2 is 2.09 bits per heavy atom. The number of carbonyl (C=O) groups is 3. The maximum Gasteiger partial charge on any atom is 0.307 e. The van der Waals surface area contributed by atoms with Crippen molar-refractivity contribution in [3.05, 3.63) is 35.9 Å². The molecule has 1 saturated heterocycles. The van der Waals surface area contributed by atoms with Crippen molar-refractivity contribution in [3.8, 4) is 0 Å². The predicted molar refractivity (Wildman–Crippen MR) is 83.4 cm³/mol. The van der Waals surface area contributed by atoms with Crippen molar-refractivity contribution >= 4 is 28.9 Å². The molecule has 1 atom stereocenters. The topological polar surface area (TPSA) is 75.7 Å². The average Bonchev–Trinajstić information content (AvgIpc) is 2.92. The summed E-state index contributed by atoms with van der Waals surface area (Å²) in [6.07, 6.45) is 0.0505. The van der Waals surface area contributed by atoms with Crippen molar-refractivity contribution in [1.29, 1.82) is 0 Å². The first-order valence-corrected chi connectivity index (χ1v) is 7.91. The van der Waals surface area contributed by atoms with Gasteiger partial charge in [0, 0.05) is 12.3 Å². The minimum absolute atomic E-state index is 0.0103. The lowest BCUT2D eigenvalue weighted by molar-refractivity contribution is -0.141. The molecular weight excluding hydrogens is 304 g/mol. The van der Waals surface area contributed by atoms with Gasteiger partial charge in [-0.3, -0.25) is 14.4 Å². The summed E-state index contributed by atoms with van der Waals surface area (Å²) in [5.41, 5.74) is 0.823. The highest BCUT2D eigenvalue weighted by molar-refractivity contribution is 8.13. The van der Waals surface area contributed by atoms with Gasteiger partial charge in [0.25, 0.3) is 5.24 Å². The minimum Gasteiger partial charge on any atom is -0.469 e. The van der Waals surface area contributed by atoms with E-state index in [9.17, 15) is 14.4 Å². The molecule has 22 heavy (non-hydrogen) atoms. The largest absolute Gasteiger partial charge is 0.469 e. The first-order valence-electron chi connectivity index (χ1n) is 6.93. The fraction of sp³-hybridized carbons (Fsp3) is 0.400. The highest BCUT2D eigenvalue weighted by atomic mass is 32.2. The zero-order valence-corrected chi connectivity index (χ0v) is 13.1. The molecule has 1 fully saturated rings. The summed E-state index contributed by atoms with van der Waals surface area (Å²) >= 11 is 1.21. The number of esters is 1. The van der Waals surface area contributed by atoms with Gasteiger partial charge in [0.15, 0.2) is 0 Å². The number of hydrogen-bond donors (Lipinski definition) is 1. The number of methoxy groups -OCH3 is 1. The summed E-state index contributed by atoms with van der Waals surface area (Å²) in [5, 5.41) is 2.72. The summed E-state index contributed by atoms with van der Waals surface area (Å²) in [6, 6.07) is 8.75. The van der Waals surface area contributed by atoms with Crippen LogP contribution in [-0.4, -0.2) is 48.0 Å². The molecule has 1 unspecified atom stereocenters. The SMILES string of the molecule is COC(=O)CC(NC(=O)CN1CCSC1=O)c1ccccc1. The van der Waals surface area contributed by atoms with Crippen LogP contribution in [0, 0.1) is 0 Å². The lowest BCUT2D eigenvalue weighted by Gasteiger charge is -2.20. The zero-order chi connectivity index (χ0) is 15.9. The number of ether oxygens (including phenoxy) is 1. The number of carbonyl (C=O) groups excluding carboxylic acids is 3. The van der Waals surface area contributed by atoms with Crippen LogP contribution in [0.4, 0.5) is 4.79 Å². The molecule has 7 heteroatoms. The van der Waals surface area contributed by atoms with Crippen LogP contribution < -0.4 is 5.32 Å². The Kier molecular flexibility index (Phi) is 5.83. The zero-order valence-electron chi connectivity index (χ0n) is 12.3. The second-order valence-corrected chi connectivity index (χ2v) is 5.89. The molecule has 0 aliphatic carbocycles. The van der Waals surface area contributed by atoms with Gasteiger partial charge in [-0.05, 0) is 5.56 Å².